The molecule has 0 radical (unpaired) electrons. The van der Waals surface area contributed by atoms with Crippen LogP contribution in [-0.4, -0.2) is 95.0 Å². The Morgan fingerprint density at radius 2 is 0.676 bits per heavy atom. The summed E-state index contributed by atoms with van der Waals surface area (Å²) in [7, 11) is -9.59. The summed E-state index contributed by atoms with van der Waals surface area (Å²) in [6.45, 7) is 0.319. The number of esters is 2. The van der Waals surface area contributed by atoms with Crippen LogP contribution in [0.5, 0.6) is 0 Å². The summed E-state index contributed by atoms with van der Waals surface area (Å²) in [5.74, 6) is -1.03. The van der Waals surface area contributed by atoms with Gasteiger partial charge in [-0.3, -0.25) is 27.7 Å². The van der Waals surface area contributed by atoms with Crippen LogP contribution in [-0.2, 0) is 46.3 Å². The first-order valence-corrected chi connectivity index (χ1v) is 28.3. The van der Waals surface area contributed by atoms with Crippen molar-refractivity contribution in [3.05, 3.63) is 72.9 Å². The van der Waals surface area contributed by atoms with Gasteiger partial charge in [-0.25, -0.2) is 9.13 Å². The first-order valence-electron chi connectivity index (χ1n) is 25.3. The van der Waals surface area contributed by atoms with Gasteiger partial charge in [-0.2, -0.15) is 0 Å². The predicted octanol–water partition coefficient (Wildman–Crippen LogP) is 11.9. The van der Waals surface area contributed by atoms with Crippen LogP contribution in [0.4, 0.5) is 0 Å². The molecule has 5 N–H and O–H groups in total. The average Bonchev–Trinajstić information content (AvgIpc) is 3.31. The van der Waals surface area contributed by atoms with Crippen molar-refractivity contribution < 1.29 is 71.4 Å². The van der Waals surface area contributed by atoms with Crippen LogP contribution < -0.4 is 0 Å². The van der Waals surface area contributed by atoms with Crippen LogP contribution in [0, 0.1) is 0 Å². The molecule has 0 fully saturated rings. The molecule has 0 aliphatic heterocycles. The molecule has 0 aliphatic carbocycles. The Bertz CT molecular complexity index is 1500. The van der Waals surface area contributed by atoms with Crippen molar-refractivity contribution in [3.63, 3.8) is 0 Å². The molecule has 5 unspecified atom stereocenters. The minimum absolute atomic E-state index is 0.172. The van der Waals surface area contributed by atoms with Gasteiger partial charge >= 0.3 is 27.6 Å². The van der Waals surface area contributed by atoms with Gasteiger partial charge in [-0.15, -0.1) is 0 Å². The number of aliphatic hydroxyl groups is 3. The zero-order valence-corrected chi connectivity index (χ0v) is 43.3. The summed E-state index contributed by atoms with van der Waals surface area (Å²) in [4.78, 5) is 43.8. The molecule has 0 rings (SSSR count). The fourth-order valence-corrected chi connectivity index (χ4v) is 7.78. The molecule has 0 aromatic heterocycles. The number of rotatable bonds is 48. The number of carbonyl (C=O) groups is 2. The minimum atomic E-state index is -4.80. The maximum Gasteiger partial charge on any atom is 0.472 e. The SMILES string of the molecule is CCCCC/C=C\C/C=C\C/C=C\C/C=C\CCCCCCCC(=O)OCC(O)COP(=O)(O)OCC(O)COP(=O)(O)OCC(O)COC(=O)CCCCCCCC/C=C/C=C/CCCCC. The third kappa shape index (κ3) is 48.5. The first-order chi connectivity index (χ1) is 32.8. The Kier molecular flexibility index (Phi) is 45.1. The Balaban J connectivity index is 3.91. The molecule has 0 bridgehead atoms. The molecule has 17 heteroatoms. The number of phosphoric acid groups is 2. The van der Waals surface area contributed by atoms with E-state index in [2.05, 4.69) is 105 Å². The summed E-state index contributed by atoms with van der Waals surface area (Å²) in [6.07, 6.45) is 47.4. The van der Waals surface area contributed by atoms with Gasteiger partial charge in [0.15, 0.2) is 0 Å². The Hall–Kier alpha value is -2.52. The molecule has 0 saturated heterocycles. The van der Waals surface area contributed by atoms with Crippen molar-refractivity contribution in [1.82, 2.24) is 0 Å². The fourth-order valence-electron chi connectivity index (χ4n) is 6.19. The number of unbranched alkanes of at least 4 members (excludes halogenated alkanes) is 17. The van der Waals surface area contributed by atoms with Gasteiger partial charge in [0.2, 0.25) is 0 Å². The van der Waals surface area contributed by atoms with Gasteiger partial charge in [0.25, 0.3) is 0 Å². The third-order valence-electron chi connectivity index (χ3n) is 10.2. The highest BCUT2D eigenvalue weighted by Gasteiger charge is 2.28. The second kappa shape index (κ2) is 46.8. The van der Waals surface area contributed by atoms with Crippen LogP contribution >= 0.6 is 15.6 Å². The Labute approximate surface area is 409 Å². The third-order valence-corrected chi connectivity index (χ3v) is 12.1. The van der Waals surface area contributed by atoms with Crippen molar-refractivity contribution in [2.75, 3.05) is 39.6 Å². The molecule has 15 nitrogen and oxygen atoms in total. The molecule has 0 spiro atoms. The molecule has 68 heavy (non-hydrogen) atoms. The standard InChI is InChI=1S/C51H90O15P2/c1-3-5-7-9-11-13-15-17-19-20-21-22-23-24-26-28-30-32-34-36-38-40-51(56)62-42-48(53)44-64-68(59,60)66-46-49(54)45-65-67(57,58)63-43-47(52)41-61-50(55)39-37-35-33-31-29-27-25-18-16-14-12-10-8-6-4-2/h11-14,16-19,21-22,24,26,47-49,52-54H,3-10,15,20,23,25,27-46H2,1-2H3,(H,57,58)(H,59,60)/b13-11-,14-12+,18-16+,19-17-,22-21-,26-24-. The van der Waals surface area contributed by atoms with E-state index in [1.807, 2.05) is 0 Å². The lowest BCUT2D eigenvalue weighted by Crippen LogP contribution is -2.25. The van der Waals surface area contributed by atoms with Crippen molar-refractivity contribution in [2.45, 2.75) is 199 Å². The monoisotopic (exact) mass is 1000 g/mol. The van der Waals surface area contributed by atoms with E-state index >= 15 is 0 Å². The van der Waals surface area contributed by atoms with E-state index in [-0.39, 0.29) is 12.8 Å². The number of carbonyl (C=O) groups excluding carboxylic acids is 2. The van der Waals surface area contributed by atoms with E-state index in [1.165, 1.54) is 44.9 Å². The van der Waals surface area contributed by atoms with E-state index in [0.29, 0.717) is 12.8 Å². The number of hydrogen-bond acceptors (Lipinski definition) is 13. The molecule has 394 valence electrons. The van der Waals surface area contributed by atoms with Gasteiger partial charge in [0.05, 0.1) is 26.4 Å². The lowest BCUT2D eigenvalue weighted by Gasteiger charge is -2.19. The topological polar surface area (TPSA) is 225 Å². The lowest BCUT2D eigenvalue weighted by atomic mass is 10.1. The summed E-state index contributed by atoms with van der Waals surface area (Å²) in [5, 5.41) is 30.1. The van der Waals surface area contributed by atoms with Gasteiger partial charge in [0, 0.05) is 12.8 Å². The highest BCUT2D eigenvalue weighted by molar-refractivity contribution is 7.47. The summed E-state index contributed by atoms with van der Waals surface area (Å²) in [5.41, 5.74) is 0. The number of hydrogen-bond donors (Lipinski definition) is 5. The van der Waals surface area contributed by atoms with Gasteiger partial charge < -0.3 is 34.6 Å². The van der Waals surface area contributed by atoms with Crippen molar-refractivity contribution >= 4 is 27.6 Å². The predicted molar refractivity (Wildman–Crippen MR) is 270 cm³/mol. The van der Waals surface area contributed by atoms with Gasteiger partial charge in [-0.05, 0) is 83.5 Å². The quantitative estimate of drug-likeness (QED) is 0.0126. The van der Waals surface area contributed by atoms with E-state index in [9.17, 15) is 43.8 Å². The maximum atomic E-state index is 12.2. The molecule has 0 heterocycles. The van der Waals surface area contributed by atoms with E-state index in [0.717, 1.165) is 96.3 Å². The molecule has 5 atom stereocenters. The van der Waals surface area contributed by atoms with E-state index in [1.54, 1.807) is 0 Å². The molecular weight excluding hydrogens is 914 g/mol. The van der Waals surface area contributed by atoms with Crippen molar-refractivity contribution in [3.8, 4) is 0 Å². The fraction of sp³-hybridized carbons (Fsp3) is 0.725. The lowest BCUT2D eigenvalue weighted by molar-refractivity contribution is -0.148. The van der Waals surface area contributed by atoms with Crippen LogP contribution in [0.2, 0.25) is 0 Å². The minimum Gasteiger partial charge on any atom is -0.463 e. The van der Waals surface area contributed by atoms with Crippen LogP contribution in [0.3, 0.4) is 0 Å². The normalized spacial score (nSPS) is 15.6. The van der Waals surface area contributed by atoms with Crippen LogP contribution in [0.25, 0.3) is 0 Å². The maximum absolute atomic E-state index is 12.2. The van der Waals surface area contributed by atoms with Gasteiger partial charge in [0.1, 0.15) is 31.5 Å². The molecule has 0 aliphatic rings. The Morgan fingerprint density at radius 1 is 0.397 bits per heavy atom. The molecule has 0 saturated carbocycles. The number of allylic oxidation sites excluding steroid dienone is 12. The summed E-state index contributed by atoms with van der Waals surface area (Å²) < 4.78 is 53.0. The second-order valence-electron chi connectivity index (χ2n) is 16.9. The average molecular weight is 1010 g/mol. The number of phosphoric ester groups is 2. The summed E-state index contributed by atoms with van der Waals surface area (Å²) >= 11 is 0. The Morgan fingerprint density at radius 3 is 1.03 bits per heavy atom. The zero-order chi connectivity index (χ0) is 50.2. The van der Waals surface area contributed by atoms with Crippen LogP contribution in [0.1, 0.15) is 181 Å². The van der Waals surface area contributed by atoms with Crippen molar-refractivity contribution in [1.29, 1.82) is 0 Å². The molecular formula is C51H90O15P2. The number of aliphatic hydroxyl groups excluding tert-OH is 3. The van der Waals surface area contributed by atoms with E-state index < -0.39 is 85.5 Å². The number of ether oxygens (including phenoxy) is 2. The zero-order valence-electron chi connectivity index (χ0n) is 41.5. The highest BCUT2D eigenvalue weighted by atomic mass is 31.2. The summed E-state index contributed by atoms with van der Waals surface area (Å²) in [6, 6.07) is 0. The molecule has 0 amide bonds. The van der Waals surface area contributed by atoms with Crippen LogP contribution in [0.15, 0.2) is 72.9 Å². The highest BCUT2D eigenvalue weighted by Crippen LogP contribution is 2.45. The first kappa shape index (κ1) is 65.5. The largest absolute Gasteiger partial charge is 0.472 e. The molecule has 0 aromatic carbocycles. The van der Waals surface area contributed by atoms with E-state index in [4.69, 9.17) is 9.47 Å². The van der Waals surface area contributed by atoms with Crippen molar-refractivity contribution in [2.24, 2.45) is 0 Å². The smallest absolute Gasteiger partial charge is 0.463 e. The second-order valence-corrected chi connectivity index (χ2v) is 19.8. The molecule has 0 aromatic rings. The van der Waals surface area contributed by atoms with Gasteiger partial charge in [-0.1, -0.05) is 157 Å².